The van der Waals surface area contributed by atoms with Crippen LogP contribution in [-0.2, 0) is 14.3 Å². The summed E-state index contributed by atoms with van der Waals surface area (Å²) in [6.45, 7) is 4.02. The van der Waals surface area contributed by atoms with Crippen LogP contribution in [-0.4, -0.2) is 23.6 Å². The molecule has 0 aromatic heterocycles. The van der Waals surface area contributed by atoms with Crippen molar-refractivity contribution in [2.75, 3.05) is 11.9 Å². The van der Waals surface area contributed by atoms with Gasteiger partial charge in [0.2, 0.25) is 5.91 Å². The largest absolute Gasteiger partial charge is 0.466 e. The van der Waals surface area contributed by atoms with Crippen molar-refractivity contribution >= 4 is 34.9 Å². The van der Waals surface area contributed by atoms with Gasteiger partial charge >= 0.3 is 5.97 Å². The number of thiocarbonyl (C=S) groups is 1. The first-order valence-corrected chi connectivity index (χ1v) is 6.75. The molecule has 0 radical (unpaired) electrons. The van der Waals surface area contributed by atoms with E-state index in [9.17, 15) is 9.59 Å². The van der Waals surface area contributed by atoms with E-state index in [1.54, 1.807) is 6.92 Å². The van der Waals surface area contributed by atoms with E-state index in [1.807, 2.05) is 31.2 Å². The Morgan fingerprint density at radius 3 is 2.45 bits per heavy atom. The zero-order valence-electron chi connectivity index (χ0n) is 11.6. The molecule has 0 aliphatic heterocycles. The molecule has 1 amide bonds. The second-order valence-corrected chi connectivity index (χ2v) is 4.58. The number of esters is 1. The smallest absolute Gasteiger partial charge is 0.306 e. The molecule has 20 heavy (non-hydrogen) atoms. The predicted octanol–water partition coefficient (Wildman–Crippen LogP) is 2.15. The lowest BCUT2D eigenvalue weighted by atomic mass is 10.2. The summed E-state index contributed by atoms with van der Waals surface area (Å²) in [5.41, 5.74) is 1.94. The molecule has 0 aliphatic rings. The summed E-state index contributed by atoms with van der Waals surface area (Å²) in [5.74, 6) is -0.706. The lowest BCUT2D eigenvalue weighted by Crippen LogP contribution is -2.34. The average molecular weight is 294 g/mol. The molecule has 2 N–H and O–H groups in total. The van der Waals surface area contributed by atoms with Crippen LogP contribution in [0, 0.1) is 6.92 Å². The Kier molecular flexibility index (Phi) is 6.66. The highest BCUT2D eigenvalue weighted by Crippen LogP contribution is 2.08. The van der Waals surface area contributed by atoms with Gasteiger partial charge in [-0.1, -0.05) is 17.7 Å². The Bertz CT molecular complexity index is 486. The van der Waals surface area contributed by atoms with Gasteiger partial charge in [-0.3, -0.25) is 9.59 Å². The van der Waals surface area contributed by atoms with Gasteiger partial charge < -0.3 is 15.4 Å². The number of aryl methyl sites for hydroxylation is 1. The molecule has 0 heterocycles. The van der Waals surface area contributed by atoms with Crippen molar-refractivity contribution in [2.24, 2.45) is 0 Å². The maximum absolute atomic E-state index is 11.6. The molecule has 0 fully saturated rings. The molecule has 0 bridgehead atoms. The molecule has 0 saturated carbocycles. The third-order valence-electron chi connectivity index (χ3n) is 2.42. The molecule has 1 rings (SSSR count). The molecule has 1 aromatic rings. The lowest BCUT2D eigenvalue weighted by molar-refractivity contribution is -0.144. The van der Waals surface area contributed by atoms with Gasteiger partial charge in [0.15, 0.2) is 5.11 Å². The number of rotatable bonds is 5. The summed E-state index contributed by atoms with van der Waals surface area (Å²) in [7, 11) is 0. The summed E-state index contributed by atoms with van der Waals surface area (Å²) in [6.07, 6.45) is 0.0986. The fraction of sp³-hybridized carbons (Fsp3) is 0.357. The van der Waals surface area contributed by atoms with E-state index < -0.39 is 0 Å². The highest BCUT2D eigenvalue weighted by Gasteiger charge is 2.09. The summed E-state index contributed by atoms with van der Waals surface area (Å²) >= 11 is 5.02. The minimum Gasteiger partial charge on any atom is -0.466 e. The molecule has 108 valence electrons. The maximum Gasteiger partial charge on any atom is 0.306 e. The number of nitrogens with one attached hydrogen (secondary N) is 2. The van der Waals surface area contributed by atoms with Gasteiger partial charge in [0.05, 0.1) is 13.0 Å². The normalized spacial score (nSPS) is 9.70. The van der Waals surface area contributed by atoms with Crippen LogP contribution >= 0.6 is 12.2 Å². The average Bonchev–Trinajstić information content (AvgIpc) is 2.39. The molecule has 5 nitrogen and oxygen atoms in total. The Morgan fingerprint density at radius 1 is 1.20 bits per heavy atom. The van der Waals surface area contributed by atoms with Crippen LogP contribution in [0.15, 0.2) is 24.3 Å². The Labute approximate surface area is 123 Å². The first kappa shape index (κ1) is 16.1. The number of carbonyl (C=O) groups is 2. The highest BCUT2D eigenvalue weighted by molar-refractivity contribution is 7.80. The lowest BCUT2D eigenvalue weighted by Gasteiger charge is -2.09. The van der Waals surface area contributed by atoms with Crippen molar-refractivity contribution in [3.8, 4) is 0 Å². The summed E-state index contributed by atoms with van der Waals surface area (Å²) < 4.78 is 4.74. The van der Waals surface area contributed by atoms with Crippen LogP contribution in [0.25, 0.3) is 0 Å². The van der Waals surface area contributed by atoms with Crippen molar-refractivity contribution in [3.63, 3.8) is 0 Å². The van der Waals surface area contributed by atoms with Gasteiger partial charge in [0.1, 0.15) is 0 Å². The van der Waals surface area contributed by atoms with Gasteiger partial charge in [0, 0.05) is 12.1 Å². The van der Waals surface area contributed by atoms with Gasteiger partial charge in [-0.2, -0.15) is 0 Å². The minimum absolute atomic E-state index is 0.0484. The number of amides is 1. The summed E-state index contributed by atoms with van der Waals surface area (Å²) in [6, 6.07) is 7.61. The third-order valence-corrected chi connectivity index (χ3v) is 2.63. The molecule has 0 unspecified atom stereocenters. The van der Waals surface area contributed by atoms with Crippen molar-refractivity contribution in [3.05, 3.63) is 29.8 Å². The molecule has 1 aromatic carbocycles. The van der Waals surface area contributed by atoms with E-state index in [0.29, 0.717) is 6.61 Å². The maximum atomic E-state index is 11.6. The van der Waals surface area contributed by atoms with Crippen molar-refractivity contribution in [1.82, 2.24) is 5.32 Å². The van der Waals surface area contributed by atoms with Crippen LogP contribution in [0.3, 0.4) is 0 Å². The number of anilines is 1. The van der Waals surface area contributed by atoms with Crippen molar-refractivity contribution in [1.29, 1.82) is 0 Å². The van der Waals surface area contributed by atoms with Crippen LogP contribution in [0.2, 0.25) is 0 Å². The summed E-state index contributed by atoms with van der Waals surface area (Å²) in [4.78, 5) is 22.7. The van der Waals surface area contributed by atoms with E-state index in [2.05, 4.69) is 10.6 Å². The van der Waals surface area contributed by atoms with Crippen LogP contribution < -0.4 is 10.6 Å². The van der Waals surface area contributed by atoms with Gasteiger partial charge in [-0.25, -0.2) is 0 Å². The second-order valence-electron chi connectivity index (χ2n) is 4.17. The number of ether oxygens (including phenoxy) is 1. The fourth-order valence-corrected chi connectivity index (χ4v) is 1.67. The molecular formula is C14H18N2O3S. The van der Waals surface area contributed by atoms with E-state index in [1.165, 1.54) is 0 Å². The zero-order valence-corrected chi connectivity index (χ0v) is 12.4. The topological polar surface area (TPSA) is 67.4 Å². The number of hydrogen-bond acceptors (Lipinski definition) is 4. The predicted molar refractivity (Wildman–Crippen MR) is 81.4 cm³/mol. The fourth-order valence-electron chi connectivity index (χ4n) is 1.44. The minimum atomic E-state index is -0.389. The molecule has 0 atom stereocenters. The van der Waals surface area contributed by atoms with E-state index >= 15 is 0 Å². The zero-order chi connectivity index (χ0) is 15.0. The first-order chi connectivity index (χ1) is 9.51. The molecule has 6 heteroatoms. The van der Waals surface area contributed by atoms with E-state index in [0.717, 1.165) is 11.3 Å². The standard InChI is InChI=1S/C14H18N2O3S/c1-3-19-13(18)9-8-12(17)16-14(20)15-11-6-4-10(2)5-7-11/h4-7H,3,8-9H2,1-2H3,(H2,15,16,17,20). The molecule has 0 saturated heterocycles. The van der Waals surface area contributed by atoms with Gasteiger partial charge in [-0.05, 0) is 38.2 Å². The van der Waals surface area contributed by atoms with E-state index in [4.69, 9.17) is 17.0 Å². The number of carbonyl (C=O) groups excluding carboxylic acids is 2. The van der Waals surface area contributed by atoms with Gasteiger partial charge in [-0.15, -0.1) is 0 Å². The summed E-state index contributed by atoms with van der Waals surface area (Å²) in [5, 5.41) is 5.62. The highest BCUT2D eigenvalue weighted by atomic mass is 32.1. The molecule has 0 aliphatic carbocycles. The van der Waals surface area contributed by atoms with Crippen LogP contribution in [0.4, 0.5) is 5.69 Å². The van der Waals surface area contributed by atoms with Gasteiger partial charge in [0.25, 0.3) is 0 Å². The monoisotopic (exact) mass is 294 g/mol. The number of hydrogen-bond donors (Lipinski definition) is 2. The Hall–Kier alpha value is -1.95. The third kappa shape index (κ3) is 6.29. The van der Waals surface area contributed by atoms with E-state index in [-0.39, 0.29) is 29.8 Å². The first-order valence-electron chi connectivity index (χ1n) is 6.34. The quantitative estimate of drug-likeness (QED) is 0.643. The Morgan fingerprint density at radius 2 is 1.85 bits per heavy atom. The van der Waals surface area contributed by atoms with Crippen molar-refractivity contribution in [2.45, 2.75) is 26.7 Å². The SMILES string of the molecule is CCOC(=O)CCC(=O)NC(=S)Nc1ccc(C)cc1. The van der Waals surface area contributed by atoms with Crippen LogP contribution in [0.5, 0.6) is 0 Å². The molecule has 0 spiro atoms. The molecular weight excluding hydrogens is 276 g/mol. The second kappa shape index (κ2) is 8.27. The number of benzene rings is 1. The van der Waals surface area contributed by atoms with Crippen molar-refractivity contribution < 1.29 is 14.3 Å². The Balaban J connectivity index is 2.33. The van der Waals surface area contributed by atoms with Crippen LogP contribution in [0.1, 0.15) is 25.3 Å².